The van der Waals surface area contributed by atoms with Crippen LogP contribution in [0.1, 0.15) is 22.8 Å². The Morgan fingerprint density at radius 2 is 1.88 bits per heavy atom. The molecule has 9 heteroatoms. The van der Waals surface area contributed by atoms with E-state index in [0.717, 1.165) is 5.56 Å². The SMILES string of the molecule is COc1ccc(C)cc1NS(=O)(=O)c1c(C)[nH]c(C)c1-c1nc(C)no1. The van der Waals surface area contributed by atoms with Crippen LogP contribution in [0.25, 0.3) is 11.5 Å². The van der Waals surface area contributed by atoms with E-state index in [2.05, 4.69) is 19.8 Å². The van der Waals surface area contributed by atoms with Gasteiger partial charge in [-0.3, -0.25) is 4.72 Å². The number of methoxy groups -OCH3 is 1. The molecule has 138 valence electrons. The molecular weight excluding hydrogens is 356 g/mol. The molecule has 0 spiro atoms. The number of benzene rings is 1. The van der Waals surface area contributed by atoms with Gasteiger partial charge in [-0.25, -0.2) is 8.42 Å². The number of nitrogens with zero attached hydrogens (tertiary/aromatic N) is 2. The van der Waals surface area contributed by atoms with E-state index in [4.69, 9.17) is 9.26 Å². The number of nitrogens with one attached hydrogen (secondary N) is 2. The van der Waals surface area contributed by atoms with Crippen molar-refractivity contribution in [3.8, 4) is 17.2 Å². The Hall–Kier alpha value is -2.81. The van der Waals surface area contributed by atoms with Crippen molar-refractivity contribution in [2.45, 2.75) is 32.6 Å². The highest BCUT2D eigenvalue weighted by Crippen LogP contribution is 2.35. The number of H-pyrrole nitrogens is 1. The second-order valence-electron chi connectivity index (χ2n) is 6.04. The Bertz CT molecular complexity index is 1070. The topological polar surface area (TPSA) is 110 Å². The van der Waals surface area contributed by atoms with Gasteiger partial charge in [-0.2, -0.15) is 4.98 Å². The second kappa shape index (κ2) is 6.49. The predicted octanol–water partition coefficient (Wildman–Crippen LogP) is 3.11. The standard InChI is InChI=1S/C17H20N4O4S/c1-9-6-7-14(24-5)13(8-9)21-26(22,23)16-11(3)18-10(2)15(16)17-19-12(4)20-25-17/h6-8,18,21H,1-5H3. The molecule has 1 aromatic carbocycles. The van der Waals surface area contributed by atoms with Crippen LogP contribution in [0, 0.1) is 27.7 Å². The Balaban J connectivity index is 2.13. The maximum Gasteiger partial charge on any atom is 0.264 e. The van der Waals surface area contributed by atoms with Gasteiger partial charge in [0.2, 0.25) is 0 Å². The van der Waals surface area contributed by atoms with E-state index in [-0.39, 0.29) is 10.8 Å². The fourth-order valence-corrected chi connectivity index (χ4v) is 4.36. The van der Waals surface area contributed by atoms with Crippen LogP contribution in [0.2, 0.25) is 0 Å². The lowest BCUT2D eigenvalue weighted by Crippen LogP contribution is -2.15. The van der Waals surface area contributed by atoms with Gasteiger partial charge in [-0.05, 0) is 45.4 Å². The molecule has 3 rings (SSSR count). The van der Waals surface area contributed by atoms with E-state index in [9.17, 15) is 8.42 Å². The molecule has 2 aromatic heterocycles. The number of ether oxygens (including phenoxy) is 1. The molecule has 2 N–H and O–H groups in total. The highest BCUT2D eigenvalue weighted by Gasteiger charge is 2.29. The lowest BCUT2D eigenvalue weighted by atomic mass is 10.2. The normalized spacial score (nSPS) is 11.6. The van der Waals surface area contributed by atoms with Crippen molar-refractivity contribution < 1.29 is 17.7 Å². The van der Waals surface area contributed by atoms with Crippen molar-refractivity contribution in [2.24, 2.45) is 0 Å². The molecule has 0 amide bonds. The van der Waals surface area contributed by atoms with Crippen molar-refractivity contribution in [1.82, 2.24) is 15.1 Å². The molecule has 26 heavy (non-hydrogen) atoms. The average molecular weight is 376 g/mol. The van der Waals surface area contributed by atoms with E-state index >= 15 is 0 Å². The molecule has 2 heterocycles. The van der Waals surface area contributed by atoms with Crippen LogP contribution in [0.3, 0.4) is 0 Å². The summed E-state index contributed by atoms with van der Waals surface area (Å²) < 4.78 is 39.3. The van der Waals surface area contributed by atoms with E-state index in [1.807, 2.05) is 13.0 Å². The third-order valence-corrected chi connectivity index (χ3v) is 5.46. The van der Waals surface area contributed by atoms with E-state index in [1.54, 1.807) is 32.9 Å². The van der Waals surface area contributed by atoms with Gasteiger partial charge < -0.3 is 14.2 Å². The van der Waals surface area contributed by atoms with E-state index < -0.39 is 10.0 Å². The zero-order valence-corrected chi connectivity index (χ0v) is 16.0. The average Bonchev–Trinajstić information content (AvgIpc) is 3.10. The highest BCUT2D eigenvalue weighted by atomic mass is 32.2. The van der Waals surface area contributed by atoms with E-state index in [1.165, 1.54) is 7.11 Å². The zero-order chi connectivity index (χ0) is 19.1. The Morgan fingerprint density at radius 1 is 1.15 bits per heavy atom. The maximum absolute atomic E-state index is 13.1. The van der Waals surface area contributed by atoms with E-state index in [0.29, 0.717) is 34.2 Å². The van der Waals surface area contributed by atoms with Crippen LogP contribution < -0.4 is 9.46 Å². The molecule has 0 aliphatic carbocycles. The molecule has 0 saturated carbocycles. The first-order chi connectivity index (χ1) is 12.2. The van der Waals surface area contributed by atoms with Crippen LogP contribution in [0.4, 0.5) is 5.69 Å². The Kier molecular flexibility index (Phi) is 4.49. The van der Waals surface area contributed by atoms with Gasteiger partial charge in [0.1, 0.15) is 10.6 Å². The van der Waals surface area contributed by atoms with Crippen molar-refractivity contribution in [2.75, 3.05) is 11.8 Å². The summed E-state index contributed by atoms with van der Waals surface area (Å²) in [6, 6.07) is 5.27. The lowest BCUT2D eigenvalue weighted by molar-refractivity contribution is 0.417. The predicted molar refractivity (Wildman–Crippen MR) is 96.8 cm³/mol. The highest BCUT2D eigenvalue weighted by molar-refractivity contribution is 7.93. The van der Waals surface area contributed by atoms with Crippen LogP contribution in [-0.2, 0) is 10.0 Å². The molecule has 3 aromatic rings. The molecule has 0 bridgehead atoms. The lowest BCUT2D eigenvalue weighted by Gasteiger charge is -2.13. The van der Waals surface area contributed by atoms with Crippen molar-refractivity contribution >= 4 is 15.7 Å². The summed E-state index contributed by atoms with van der Waals surface area (Å²) in [5.74, 6) is 1.01. The summed E-state index contributed by atoms with van der Waals surface area (Å²) in [6.07, 6.45) is 0. The summed E-state index contributed by atoms with van der Waals surface area (Å²) in [5, 5.41) is 3.75. The summed E-state index contributed by atoms with van der Waals surface area (Å²) >= 11 is 0. The summed E-state index contributed by atoms with van der Waals surface area (Å²) in [7, 11) is -2.44. The number of hydrogen-bond donors (Lipinski definition) is 2. The minimum absolute atomic E-state index is 0.0715. The zero-order valence-electron chi connectivity index (χ0n) is 15.2. The maximum atomic E-state index is 13.1. The molecule has 8 nitrogen and oxygen atoms in total. The fraction of sp³-hybridized carbons (Fsp3) is 0.294. The third-order valence-electron chi connectivity index (χ3n) is 3.93. The van der Waals surface area contributed by atoms with Gasteiger partial charge >= 0.3 is 0 Å². The first-order valence-corrected chi connectivity index (χ1v) is 9.38. The monoisotopic (exact) mass is 376 g/mol. The smallest absolute Gasteiger partial charge is 0.264 e. The van der Waals surface area contributed by atoms with Gasteiger partial charge in [0, 0.05) is 11.4 Å². The number of aromatic nitrogens is 3. The summed E-state index contributed by atoms with van der Waals surface area (Å²) in [6.45, 7) is 6.98. The van der Waals surface area contributed by atoms with Crippen LogP contribution in [0.5, 0.6) is 5.75 Å². The minimum atomic E-state index is -3.93. The second-order valence-corrected chi connectivity index (χ2v) is 7.65. The van der Waals surface area contributed by atoms with Crippen molar-refractivity contribution in [3.63, 3.8) is 0 Å². The largest absolute Gasteiger partial charge is 0.495 e. The molecule has 0 aliphatic heterocycles. The Labute approximate surface area is 151 Å². The number of aromatic amines is 1. The number of hydrogen-bond acceptors (Lipinski definition) is 6. The molecule has 0 radical (unpaired) electrons. The number of anilines is 1. The number of rotatable bonds is 5. The first-order valence-electron chi connectivity index (χ1n) is 7.90. The Morgan fingerprint density at radius 3 is 2.50 bits per heavy atom. The summed E-state index contributed by atoms with van der Waals surface area (Å²) in [4.78, 5) is 7.28. The quantitative estimate of drug-likeness (QED) is 0.708. The van der Waals surface area contributed by atoms with Crippen LogP contribution in [0.15, 0.2) is 27.6 Å². The molecule has 0 unspecified atom stereocenters. The minimum Gasteiger partial charge on any atom is -0.495 e. The third kappa shape index (κ3) is 3.17. The van der Waals surface area contributed by atoms with Gasteiger partial charge in [-0.1, -0.05) is 11.2 Å². The van der Waals surface area contributed by atoms with Gasteiger partial charge in [0.25, 0.3) is 15.9 Å². The van der Waals surface area contributed by atoms with Crippen molar-refractivity contribution in [3.05, 3.63) is 41.0 Å². The number of aryl methyl sites for hydroxylation is 4. The first kappa shape index (κ1) is 18.0. The molecule has 0 saturated heterocycles. The fourth-order valence-electron chi connectivity index (χ4n) is 2.85. The van der Waals surface area contributed by atoms with Gasteiger partial charge in [0.15, 0.2) is 5.82 Å². The molecule has 0 atom stereocenters. The van der Waals surface area contributed by atoms with Crippen LogP contribution in [-0.4, -0.2) is 30.7 Å². The molecule has 0 aliphatic rings. The molecular formula is C17H20N4O4S. The number of sulfonamides is 1. The van der Waals surface area contributed by atoms with Crippen molar-refractivity contribution in [1.29, 1.82) is 0 Å². The van der Waals surface area contributed by atoms with Gasteiger partial charge in [-0.15, -0.1) is 0 Å². The van der Waals surface area contributed by atoms with Crippen LogP contribution >= 0.6 is 0 Å². The summed E-state index contributed by atoms with van der Waals surface area (Å²) in [5.41, 5.74) is 2.73. The van der Waals surface area contributed by atoms with Gasteiger partial charge in [0.05, 0.1) is 18.4 Å². The molecule has 0 fully saturated rings.